The van der Waals surface area contributed by atoms with Crippen molar-refractivity contribution in [3.8, 4) is 0 Å². The van der Waals surface area contributed by atoms with Crippen molar-refractivity contribution in [2.45, 2.75) is 6.92 Å². The van der Waals surface area contributed by atoms with E-state index in [4.69, 9.17) is 0 Å². The van der Waals surface area contributed by atoms with E-state index in [0.717, 1.165) is 18.0 Å². The zero-order chi connectivity index (χ0) is 10.4. The number of rotatable bonds is 3. The molecule has 1 aliphatic heterocycles. The van der Waals surface area contributed by atoms with Crippen molar-refractivity contribution in [2.75, 3.05) is 24.6 Å². The summed E-state index contributed by atoms with van der Waals surface area (Å²) in [5.74, 6) is 2.43. The third-order valence-corrected chi connectivity index (χ3v) is 3.17. The summed E-state index contributed by atoms with van der Waals surface area (Å²) in [6.45, 7) is 8.08. The molecule has 14 heavy (non-hydrogen) atoms. The first-order valence-electron chi connectivity index (χ1n) is 4.76. The Morgan fingerprint density at radius 1 is 1.36 bits per heavy atom. The van der Waals surface area contributed by atoms with Crippen LogP contribution in [0.1, 0.15) is 6.92 Å². The van der Waals surface area contributed by atoms with E-state index in [1.54, 1.807) is 0 Å². The van der Waals surface area contributed by atoms with Gasteiger partial charge in [0.05, 0.1) is 0 Å². The molecule has 0 spiro atoms. The van der Waals surface area contributed by atoms with Crippen molar-refractivity contribution in [2.24, 2.45) is 0 Å². The Hall–Kier alpha value is -0.280. The lowest BCUT2D eigenvalue weighted by Gasteiger charge is -2.29. The Bertz CT molecular complexity index is 246. The fourth-order valence-electron chi connectivity index (χ4n) is 1.33. The first-order valence-corrected chi connectivity index (χ1v) is 6.37. The molecule has 78 valence electrons. The van der Waals surface area contributed by atoms with Crippen molar-refractivity contribution in [1.82, 2.24) is 4.90 Å². The van der Waals surface area contributed by atoms with Gasteiger partial charge in [-0.25, -0.2) is 0 Å². The number of thioether (sulfide) groups is 1. The summed E-state index contributed by atoms with van der Waals surface area (Å²) in [5, 5.41) is 0. The standard InChI is InChI=1S/C11H17NS2/c1-3-11(5-4-10(2)13)12-6-8-14-9-7-12/h3-5,13H,1,6-9H2,2H3/b10-4+,11-5+. The Morgan fingerprint density at radius 3 is 2.50 bits per heavy atom. The van der Waals surface area contributed by atoms with Crippen LogP contribution in [0.2, 0.25) is 0 Å². The fraction of sp³-hybridized carbons (Fsp3) is 0.455. The van der Waals surface area contributed by atoms with E-state index in [9.17, 15) is 0 Å². The summed E-state index contributed by atoms with van der Waals surface area (Å²) in [7, 11) is 0. The van der Waals surface area contributed by atoms with Gasteiger partial charge in [0, 0.05) is 30.3 Å². The Balaban J connectivity index is 2.64. The molecule has 3 heteroatoms. The lowest BCUT2D eigenvalue weighted by Crippen LogP contribution is -2.31. The number of hydrogen-bond donors (Lipinski definition) is 1. The first kappa shape index (κ1) is 11.8. The van der Waals surface area contributed by atoms with Gasteiger partial charge in [-0.3, -0.25) is 0 Å². The summed E-state index contributed by atoms with van der Waals surface area (Å²) in [4.78, 5) is 3.40. The number of hydrogen-bond acceptors (Lipinski definition) is 3. The van der Waals surface area contributed by atoms with Gasteiger partial charge in [0.25, 0.3) is 0 Å². The van der Waals surface area contributed by atoms with Crippen molar-refractivity contribution in [1.29, 1.82) is 0 Å². The molecule has 1 fully saturated rings. The highest BCUT2D eigenvalue weighted by atomic mass is 32.2. The monoisotopic (exact) mass is 227 g/mol. The number of allylic oxidation sites excluding steroid dienone is 4. The topological polar surface area (TPSA) is 3.24 Å². The molecule has 0 radical (unpaired) electrons. The van der Waals surface area contributed by atoms with Gasteiger partial charge in [-0.1, -0.05) is 12.7 Å². The first-order chi connectivity index (χ1) is 6.74. The molecule has 1 rings (SSSR count). The van der Waals surface area contributed by atoms with Crippen molar-refractivity contribution < 1.29 is 0 Å². The minimum absolute atomic E-state index is 1.02. The molecule has 0 aliphatic carbocycles. The smallest absolute Gasteiger partial charge is 0.0361 e. The second kappa shape index (κ2) is 6.25. The summed E-state index contributed by atoms with van der Waals surface area (Å²) < 4.78 is 0. The second-order valence-corrected chi connectivity index (χ2v) is 5.13. The molecule has 0 aromatic heterocycles. The number of thiol groups is 1. The van der Waals surface area contributed by atoms with Gasteiger partial charge in [-0.05, 0) is 24.0 Å². The lowest BCUT2D eigenvalue weighted by molar-refractivity contribution is 0.393. The van der Waals surface area contributed by atoms with Gasteiger partial charge >= 0.3 is 0 Å². The number of nitrogens with zero attached hydrogens (tertiary/aromatic N) is 1. The van der Waals surface area contributed by atoms with E-state index in [-0.39, 0.29) is 0 Å². The van der Waals surface area contributed by atoms with Crippen LogP contribution in [0.5, 0.6) is 0 Å². The normalized spacial score (nSPS) is 19.7. The predicted molar refractivity (Wildman–Crippen MR) is 69.9 cm³/mol. The molecular formula is C11H17NS2. The van der Waals surface area contributed by atoms with E-state index < -0.39 is 0 Å². The third kappa shape index (κ3) is 3.84. The van der Waals surface area contributed by atoms with E-state index in [1.807, 2.05) is 30.8 Å². The van der Waals surface area contributed by atoms with Crippen LogP contribution in [-0.2, 0) is 0 Å². The maximum absolute atomic E-state index is 4.24. The van der Waals surface area contributed by atoms with Gasteiger partial charge in [0.15, 0.2) is 0 Å². The van der Waals surface area contributed by atoms with E-state index in [1.165, 1.54) is 17.2 Å². The molecule has 1 saturated heterocycles. The van der Waals surface area contributed by atoms with Crippen molar-refractivity contribution in [3.63, 3.8) is 0 Å². The third-order valence-electron chi connectivity index (χ3n) is 2.08. The van der Waals surface area contributed by atoms with Gasteiger partial charge in [-0.15, -0.1) is 12.6 Å². The zero-order valence-corrected chi connectivity index (χ0v) is 10.3. The zero-order valence-electron chi connectivity index (χ0n) is 8.57. The molecule has 1 nitrogen and oxygen atoms in total. The fourth-order valence-corrected chi connectivity index (χ4v) is 2.31. The highest BCUT2D eigenvalue weighted by molar-refractivity contribution is 7.99. The van der Waals surface area contributed by atoms with E-state index >= 15 is 0 Å². The predicted octanol–water partition coefficient (Wildman–Crippen LogP) is 2.94. The largest absolute Gasteiger partial charge is 0.370 e. The van der Waals surface area contributed by atoms with Crippen LogP contribution in [0.25, 0.3) is 0 Å². The summed E-state index contributed by atoms with van der Waals surface area (Å²) in [6, 6.07) is 0. The maximum Gasteiger partial charge on any atom is 0.0361 e. The highest BCUT2D eigenvalue weighted by Gasteiger charge is 2.10. The molecule has 0 saturated carbocycles. The average molecular weight is 227 g/mol. The quantitative estimate of drug-likeness (QED) is 0.583. The summed E-state index contributed by atoms with van der Waals surface area (Å²) in [6.07, 6.45) is 6.02. The minimum atomic E-state index is 1.02. The summed E-state index contributed by atoms with van der Waals surface area (Å²) >= 11 is 6.25. The Kier molecular flexibility index (Phi) is 5.26. The molecule has 0 amide bonds. The van der Waals surface area contributed by atoms with Crippen molar-refractivity contribution in [3.05, 3.63) is 35.4 Å². The van der Waals surface area contributed by atoms with Gasteiger partial charge in [0.2, 0.25) is 0 Å². The van der Waals surface area contributed by atoms with Crippen LogP contribution < -0.4 is 0 Å². The molecule has 0 aromatic rings. The maximum atomic E-state index is 4.24. The molecule has 0 atom stereocenters. The highest BCUT2D eigenvalue weighted by Crippen LogP contribution is 2.15. The molecular weight excluding hydrogens is 210 g/mol. The van der Waals surface area contributed by atoms with Crippen LogP contribution in [0.3, 0.4) is 0 Å². The van der Waals surface area contributed by atoms with Gasteiger partial charge in [-0.2, -0.15) is 11.8 Å². The summed E-state index contributed by atoms with van der Waals surface area (Å²) in [5.41, 5.74) is 1.21. The lowest BCUT2D eigenvalue weighted by atomic mass is 10.3. The van der Waals surface area contributed by atoms with Crippen molar-refractivity contribution >= 4 is 24.4 Å². The van der Waals surface area contributed by atoms with Crippen LogP contribution in [-0.4, -0.2) is 29.5 Å². The average Bonchev–Trinajstić information content (AvgIpc) is 2.20. The van der Waals surface area contributed by atoms with Crippen LogP contribution in [0, 0.1) is 0 Å². The minimum Gasteiger partial charge on any atom is -0.370 e. The van der Waals surface area contributed by atoms with Gasteiger partial charge < -0.3 is 4.90 Å². The van der Waals surface area contributed by atoms with Crippen LogP contribution in [0.15, 0.2) is 35.4 Å². The van der Waals surface area contributed by atoms with Crippen LogP contribution in [0.4, 0.5) is 0 Å². The van der Waals surface area contributed by atoms with E-state index in [0.29, 0.717) is 0 Å². The van der Waals surface area contributed by atoms with Crippen LogP contribution >= 0.6 is 24.4 Å². The second-order valence-electron chi connectivity index (χ2n) is 3.20. The molecule has 1 heterocycles. The molecule has 0 aromatic carbocycles. The molecule has 0 N–H and O–H groups in total. The Morgan fingerprint density at radius 2 is 2.00 bits per heavy atom. The molecule has 0 bridgehead atoms. The molecule has 0 unspecified atom stereocenters. The Labute approximate surface area is 96.4 Å². The van der Waals surface area contributed by atoms with Gasteiger partial charge in [0.1, 0.15) is 0 Å². The van der Waals surface area contributed by atoms with E-state index in [2.05, 4.69) is 30.2 Å². The SMILES string of the molecule is C=C/C(=C\C=C(/C)S)N1CCSCC1. The molecule has 1 aliphatic rings.